The lowest BCUT2D eigenvalue weighted by Gasteiger charge is -2.10. The molecule has 0 aliphatic rings. The van der Waals surface area contributed by atoms with E-state index in [2.05, 4.69) is 10.1 Å². The fourth-order valence-corrected chi connectivity index (χ4v) is 2.06. The fourth-order valence-electron chi connectivity index (χ4n) is 2.06. The summed E-state index contributed by atoms with van der Waals surface area (Å²) >= 11 is 0. The topological polar surface area (TPSA) is 94.0 Å². The van der Waals surface area contributed by atoms with E-state index < -0.39 is 5.97 Å². The maximum absolute atomic E-state index is 11.2. The molecule has 0 aliphatic heterocycles. The largest absolute Gasteiger partial charge is 0.478 e. The van der Waals surface area contributed by atoms with Crippen LogP contribution in [0.15, 0.2) is 12.1 Å². The van der Waals surface area contributed by atoms with Crippen LogP contribution in [0.4, 0.5) is 5.69 Å². The normalized spacial score (nSPS) is 10.8. The van der Waals surface area contributed by atoms with Gasteiger partial charge in [-0.05, 0) is 24.6 Å². The number of carboxylic acids is 1. The molecule has 6 nitrogen and oxygen atoms in total. The van der Waals surface area contributed by atoms with Gasteiger partial charge >= 0.3 is 5.97 Å². The zero-order chi connectivity index (χ0) is 14.9. The number of nitrogen functional groups attached to an aromatic ring is 1. The summed E-state index contributed by atoms with van der Waals surface area (Å²) in [6.07, 6.45) is 1.46. The van der Waals surface area contributed by atoms with E-state index in [4.69, 9.17) is 5.73 Å². The molecule has 20 heavy (non-hydrogen) atoms. The van der Waals surface area contributed by atoms with Crippen LogP contribution in [-0.4, -0.2) is 25.8 Å². The minimum Gasteiger partial charge on any atom is -0.478 e. The summed E-state index contributed by atoms with van der Waals surface area (Å²) in [4.78, 5) is 15.7. The monoisotopic (exact) mass is 274 g/mol. The zero-order valence-corrected chi connectivity index (χ0v) is 11.8. The van der Waals surface area contributed by atoms with Crippen molar-refractivity contribution >= 4 is 11.7 Å². The highest BCUT2D eigenvalue weighted by Gasteiger charge is 2.15. The van der Waals surface area contributed by atoms with Crippen LogP contribution in [0.3, 0.4) is 0 Å². The van der Waals surface area contributed by atoms with Crippen molar-refractivity contribution in [3.63, 3.8) is 0 Å². The van der Waals surface area contributed by atoms with Gasteiger partial charge in [-0.1, -0.05) is 13.8 Å². The Bertz CT molecular complexity index is 661. The van der Waals surface area contributed by atoms with Gasteiger partial charge in [0.25, 0.3) is 0 Å². The second-order valence-electron chi connectivity index (χ2n) is 4.59. The summed E-state index contributed by atoms with van der Waals surface area (Å²) < 4.78 is 1.69. The van der Waals surface area contributed by atoms with Crippen molar-refractivity contribution in [2.24, 2.45) is 0 Å². The first kappa shape index (κ1) is 14.0. The van der Waals surface area contributed by atoms with E-state index in [0.29, 0.717) is 5.69 Å². The number of carboxylic acid groups (broad SMARTS) is 1. The summed E-state index contributed by atoms with van der Waals surface area (Å²) in [7, 11) is 0. The molecule has 6 heteroatoms. The van der Waals surface area contributed by atoms with Crippen molar-refractivity contribution in [1.29, 1.82) is 0 Å². The fraction of sp³-hybridized carbons (Fsp3) is 0.357. The van der Waals surface area contributed by atoms with Crippen molar-refractivity contribution in [3.05, 3.63) is 34.9 Å². The lowest BCUT2D eigenvalue weighted by Crippen LogP contribution is -2.09. The number of aromatic carboxylic acids is 1. The molecule has 1 aromatic heterocycles. The van der Waals surface area contributed by atoms with Crippen LogP contribution in [0.5, 0.6) is 0 Å². The number of benzene rings is 1. The third-order valence-electron chi connectivity index (χ3n) is 3.20. The highest BCUT2D eigenvalue weighted by molar-refractivity contribution is 5.95. The number of hydrogen-bond donors (Lipinski definition) is 2. The van der Waals surface area contributed by atoms with Gasteiger partial charge in [0.2, 0.25) is 0 Å². The molecular formula is C14H18N4O2. The van der Waals surface area contributed by atoms with E-state index in [1.165, 1.54) is 6.07 Å². The minimum atomic E-state index is -1.04. The van der Waals surface area contributed by atoms with Crippen LogP contribution in [0.1, 0.15) is 41.4 Å². The van der Waals surface area contributed by atoms with Gasteiger partial charge in [0.1, 0.15) is 5.82 Å². The number of rotatable bonds is 4. The SMILES string of the molecule is CCc1nc(CC)n(-c2cc(C)c(N)c(C(=O)O)c2)n1. The summed E-state index contributed by atoms with van der Waals surface area (Å²) in [5.74, 6) is 0.511. The molecule has 0 atom stereocenters. The third-order valence-corrected chi connectivity index (χ3v) is 3.20. The van der Waals surface area contributed by atoms with E-state index >= 15 is 0 Å². The molecule has 0 saturated heterocycles. The van der Waals surface area contributed by atoms with Crippen molar-refractivity contribution in [3.8, 4) is 5.69 Å². The number of anilines is 1. The molecule has 0 saturated carbocycles. The molecule has 0 amide bonds. The Balaban J connectivity index is 2.63. The van der Waals surface area contributed by atoms with Gasteiger partial charge in [0.15, 0.2) is 5.82 Å². The van der Waals surface area contributed by atoms with E-state index in [9.17, 15) is 9.90 Å². The third kappa shape index (κ3) is 2.36. The quantitative estimate of drug-likeness (QED) is 0.831. The molecule has 106 valence electrons. The Morgan fingerprint density at radius 2 is 2.05 bits per heavy atom. The van der Waals surface area contributed by atoms with Gasteiger partial charge in [0.05, 0.1) is 11.3 Å². The highest BCUT2D eigenvalue weighted by Crippen LogP contribution is 2.23. The average Bonchev–Trinajstić information content (AvgIpc) is 2.84. The zero-order valence-electron chi connectivity index (χ0n) is 11.8. The lowest BCUT2D eigenvalue weighted by atomic mass is 10.1. The number of aryl methyl sites for hydroxylation is 3. The molecule has 0 unspecified atom stereocenters. The summed E-state index contributed by atoms with van der Waals surface area (Å²) in [6.45, 7) is 5.76. The maximum Gasteiger partial charge on any atom is 0.337 e. The van der Waals surface area contributed by atoms with Crippen LogP contribution in [0.25, 0.3) is 5.69 Å². The van der Waals surface area contributed by atoms with Crippen molar-refractivity contribution in [1.82, 2.24) is 14.8 Å². The van der Waals surface area contributed by atoms with Crippen molar-refractivity contribution < 1.29 is 9.90 Å². The maximum atomic E-state index is 11.2. The van der Waals surface area contributed by atoms with Crippen LogP contribution in [0, 0.1) is 6.92 Å². The lowest BCUT2D eigenvalue weighted by molar-refractivity contribution is 0.0698. The van der Waals surface area contributed by atoms with Crippen LogP contribution >= 0.6 is 0 Å². The predicted molar refractivity (Wildman–Crippen MR) is 76.2 cm³/mol. The molecule has 0 fully saturated rings. The van der Waals surface area contributed by atoms with Crippen LogP contribution in [-0.2, 0) is 12.8 Å². The molecule has 0 spiro atoms. The first-order valence-corrected chi connectivity index (χ1v) is 6.56. The van der Waals surface area contributed by atoms with Gasteiger partial charge in [-0.25, -0.2) is 14.5 Å². The van der Waals surface area contributed by atoms with Gasteiger partial charge in [-0.2, -0.15) is 5.10 Å². The second kappa shape index (κ2) is 5.32. The van der Waals surface area contributed by atoms with E-state index in [-0.39, 0.29) is 11.3 Å². The Kier molecular flexibility index (Phi) is 3.74. The Morgan fingerprint density at radius 3 is 2.60 bits per heavy atom. The summed E-state index contributed by atoms with van der Waals surface area (Å²) in [6, 6.07) is 3.37. The molecule has 2 aromatic rings. The van der Waals surface area contributed by atoms with Crippen molar-refractivity contribution in [2.75, 3.05) is 5.73 Å². The molecule has 0 aliphatic carbocycles. The van der Waals surface area contributed by atoms with Gasteiger partial charge in [-0.3, -0.25) is 0 Å². The smallest absolute Gasteiger partial charge is 0.337 e. The van der Waals surface area contributed by atoms with Gasteiger partial charge in [-0.15, -0.1) is 0 Å². The van der Waals surface area contributed by atoms with Crippen LogP contribution in [0.2, 0.25) is 0 Å². The first-order valence-electron chi connectivity index (χ1n) is 6.56. The van der Waals surface area contributed by atoms with E-state index in [0.717, 1.165) is 30.1 Å². The average molecular weight is 274 g/mol. The number of aromatic nitrogens is 3. The summed E-state index contributed by atoms with van der Waals surface area (Å²) in [5, 5.41) is 13.6. The minimum absolute atomic E-state index is 0.0931. The van der Waals surface area contributed by atoms with Gasteiger partial charge in [0, 0.05) is 18.5 Å². The molecule has 2 rings (SSSR count). The molecule has 3 N–H and O–H groups in total. The number of nitrogens with two attached hydrogens (primary N) is 1. The second-order valence-corrected chi connectivity index (χ2v) is 4.59. The highest BCUT2D eigenvalue weighted by atomic mass is 16.4. The predicted octanol–water partition coefficient (Wildman–Crippen LogP) is 1.98. The standard InChI is InChI=1S/C14H18N4O2/c1-4-11-16-12(5-2)18(17-11)9-6-8(3)13(15)10(7-9)14(19)20/h6-7H,4-5,15H2,1-3H3,(H,19,20). The number of hydrogen-bond acceptors (Lipinski definition) is 4. The van der Waals surface area contributed by atoms with Crippen LogP contribution < -0.4 is 5.73 Å². The van der Waals surface area contributed by atoms with Gasteiger partial charge < -0.3 is 10.8 Å². The Labute approximate surface area is 117 Å². The summed E-state index contributed by atoms with van der Waals surface area (Å²) in [5.41, 5.74) is 7.58. The number of carbonyl (C=O) groups is 1. The number of nitrogens with zero attached hydrogens (tertiary/aromatic N) is 3. The Morgan fingerprint density at radius 1 is 1.35 bits per heavy atom. The first-order chi connectivity index (χ1) is 9.47. The van der Waals surface area contributed by atoms with E-state index in [1.54, 1.807) is 11.6 Å². The molecule has 0 radical (unpaired) electrons. The molecule has 1 heterocycles. The van der Waals surface area contributed by atoms with Crippen molar-refractivity contribution in [2.45, 2.75) is 33.6 Å². The molecular weight excluding hydrogens is 256 g/mol. The van der Waals surface area contributed by atoms with E-state index in [1.807, 2.05) is 19.9 Å². The Hall–Kier alpha value is -2.37. The molecule has 1 aromatic carbocycles. The molecule has 0 bridgehead atoms.